The highest BCUT2D eigenvalue weighted by molar-refractivity contribution is 5.72. The first-order valence-electron chi connectivity index (χ1n) is 8.25. The van der Waals surface area contributed by atoms with Crippen LogP contribution in [0.25, 0.3) is 12.2 Å². The summed E-state index contributed by atoms with van der Waals surface area (Å²) in [6.45, 7) is 1.45. The van der Waals surface area contributed by atoms with Crippen molar-refractivity contribution < 1.29 is 24.0 Å². The molecule has 2 aromatic carbocycles. The molecule has 3 rings (SSSR count). The van der Waals surface area contributed by atoms with Gasteiger partial charge >= 0.3 is 11.4 Å². The Morgan fingerprint density at radius 1 is 0.967 bits per heavy atom. The third-order valence-electron chi connectivity index (χ3n) is 3.90. The van der Waals surface area contributed by atoms with Gasteiger partial charge in [0.25, 0.3) is 5.69 Å². The van der Waals surface area contributed by atoms with E-state index in [9.17, 15) is 30.3 Å². The van der Waals surface area contributed by atoms with Crippen molar-refractivity contribution in [1.29, 1.82) is 0 Å². The highest BCUT2D eigenvalue weighted by Gasteiger charge is 2.22. The molecule has 0 bridgehead atoms. The molecule has 0 atom stereocenters. The van der Waals surface area contributed by atoms with Gasteiger partial charge in [-0.05, 0) is 36.8 Å². The number of hydrogen-bond acceptors (Lipinski definition) is 9. The lowest BCUT2D eigenvalue weighted by Crippen LogP contribution is -1.96. The lowest BCUT2D eigenvalue weighted by molar-refractivity contribution is -0.394. The number of nitro benzene ring substituents is 2. The molecule has 30 heavy (non-hydrogen) atoms. The lowest BCUT2D eigenvalue weighted by atomic mass is 10.2. The highest BCUT2D eigenvalue weighted by Crippen LogP contribution is 2.34. The monoisotopic (exact) mass is 412 g/mol. The van der Waals surface area contributed by atoms with Crippen molar-refractivity contribution in [1.82, 2.24) is 5.16 Å². The highest BCUT2D eigenvalue weighted by atomic mass is 16.6. The van der Waals surface area contributed by atoms with Crippen molar-refractivity contribution in [2.24, 2.45) is 0 Å². The molecule has 0 aliphatic carbocycles. The first kappa shape index (κ1) is 20.1. The van der Waals surface area contributed by atoms with Gasteiger partial charge in [0, 0.05) is 6.07 Å². The molecule has 0 radical (unpaired) electrons. The molecular formula is C18H12N4O8. The van der Waals surface area contributed by atoms with Crippen LogP contribution in [-0.4, -0.2) is 19.9 Å². The number of aryl methyl sites for hydroxylation is 1. The largest absolute Gasteiger partial charge is 0.450 e. The zero-order chi connectivity index (χ0) is 21.8. The molecule has 0 saturated heterocycles. The zero-order valence-corrected chi connectivity index (χ0v) is 15.3. The minimum absolute atomic E-state index is 0.0326. The number of rotatable bonds is 7. The molecule has 0 amide bonds. The molecule has 1 aromatic heterocycles. The Bertz CT molecular complexity index is 1180. The molecule has 3 aromatic rings. The van der Waals surface area contributed by atoms with E-state index in [1.807, 2.05) is 0 Å². The van der Waals surface area contributed by atoms with E-state index in [1.54, 1.807) is 12.1 Å². The van der Waals surface area contributed by atoms with Crippen molar-refractivity contribution in [3.05, 3.63) is 89.8 Å². The number of aromatic nitrogens is 1. The summed E-state index contributed by atoms with van der Waals surface area (Å²) in [5.41, 5.74) is -0.546. The van der Waals surface area contributed by atoms with Crippen molar-refractivity contribution >= 4 is 29.2 Å². The van der Waals surface area contributed by atoms with E-state index in [-0.39, 0.29) is 28.6 Å². The Hall–Kier alpha value is -4.61. The average Bonchev–Trinajstić information content (AvgIpc) is 3.07. The Balaban J connectivity index is 1.87. The number of hydrogen-bond donors (Lipinski definition) is 0. The summed E-state index contributed by atoms with van der Waals surface area (Å²) >= 11 is 0. The maximum atomic E-state index is 11.2. The van der Waals surface area contributed by atoms with Crippen molar-refractivity contribution in [3.8, 4) is 11.5 Å². The molecule has 0 fully saturated rings. The average molecular weight is 412 g/mol. The van der Waals surface area contributed by atoms with Gasteiger partial charge in [-0.1, -0.05) is 23.4 Å². The van der Waals surface area contributed by atoms with Crippen LogP contribution in [0.3, 0.4) is 0 Å². The standard InChI is InChI=1S/C18H12N4O8/c1-11-18(22(27)28)17(30-19-11)7-5-12-3-2-4-14(9-12)29-16-8-6-13(20(23)24)10-15(16)21(25)26/h2-10H,1H3. The van der Waals surface area contributed by atoms with Crippen molar-refractivity contribution in [2.45, 2.75) is 6.92 Å². The Morgan fingerprint density at radius 3 is 2.40 bits per heavy atom. The Morgan fingerprint density at radius 2 is 1.73 bits per heavy atom. The van der Waals surface area contributed by atoms with E-state index >= 15 is 0 Å². The smallest absolute Gasteiger partial charge is 0.338 e. The summed E-state index contributed by atoms with van der Waals surface area (Å²) in [4.78, 5) is 31.0. The molecule has 12 heteroatoms. The van der Waals surface area contributed by atoms with E-state index in [0.717, 1.165) is 18.2 Å². The van der Waals surface area contributed by atoms with E-state index in [4.69, 9.17) is 9.26 Å². The first-order chi connectivity index (χ1) is 14.3. The Kier molecular flexibility index (Phi) is 5.49. The normalized spacial score (nSPS) is 10.8. The molecule has 0 aliphatic rings. The lowest BCUT2D eigenvalue weighted by Gasteiger charge is -2.07. The summed E-state index contributed by atoms with van der Waals surface area (Å²) in [5.74, 6) is 0.0143. The molecule has 152 valence electrons. The predicted molar refractivity (Wildman–Crippen MR) is 103 cm³/mol. The van der Waals surface area contributed by atoms with E-state index in [2.05, 4.69) is 5.16 Å². The molecule has 0 unspecified atom stereocenters. The number of benzene rings is 2. The minimum Gasteiger partial charge on any atom is -0.450 e. The second-order valence-corrected chi connectivity index (χ2v) is 5.91. The summed E-state index contributed by atoms with van der Waals surface area (Å²) in [5, 5.41) is 36.7. The van der Waals surface area contributed by atoms with Gasteiger partial charge in [0.1, 0.15) is 5.75 Å². The van der Waals surface area contributed by atoms with Crippen LogP contribution in [0.2, 0.25) is 0 Å². The second-order valence-electron chi connectivity index (χ2n) is 5.91. The van der Waals surface area contributed by atoms with Crippen LogP contribution < -0.4 is 4.74 Å². The summed E-state index contributed by atoms with van der Waals surface area (Å²) in [6, 6.07) is 9.37. The fraction of sp³-hybridized carbons (Fsp3) is 0.0556. The molecule has 12 nitrogen and oxygen atoms in total. The van der Waals surface area contributed by atoms with Crippen LogP contribution in [0.1, 0.15) is 17.0 Å². The van der Waals surface area contributed by atoms with Gasteiger partial charge in [-0.2, -0.15) is 0 Å². The maximum absolute atomic E-state index is 11.2. The maximum Gasteiger partial charge on any atom is 0.338 e. The predicted octanol–water partition coefficient (Wildman–Crippen LogP) is 4.67. The van der Waals surface area contributed by atoms with E-state index < -0.39 is 26.1 Å². The van der Waals surface area contributed by atoms with Gasteiger partial charge in [-0.3, -0.25) is 30.3 Å². The summed E-state index contributed by atoms with van der Waals surface area (Å²) in [7, 11) is 0. The zero-order valence-electron chi connectivity index (χ0n) is 15.3. The molecule has 0 aliphatic heterocycles. The third kappa shape index (κ3) is 4.27. The number of nitrogens with zero attached hydrogens (tertiary/aromatic N) is 4. The van der Waals surface area contributed by atoms with Crippen LogP contribution in [0.5, 0.6) is 11.5 Å². The van der Waals surface area contributed by atoms with E-state index in [0.29, 0.717) is 5.56 Å². The number of nitro groups is 3. The van der Waals surface area contributed by atoms with Crippen LogP contribution in [0.4, 0.5) is 17.1 Å². The second kappa shape index (κ2) is 8.18. The molecule has 1 heterocycles. The topological polar surface area (TPSA) is 165 Å². The van der Waals surface area contributed by atoms with Gasteiger partial charge in [-0.25, -0.2) is 0 Å². The fourth-order valence-corrected chi connectivity index (χ4v) is 2.54. The van der Waals surface area contributed by atoms with Gasteiger partial charge in [-0.15, -0.1) is 0 Å². The van der Waals surface area contributed by atoms with Crippen molar-refractivity contribution in [3.63, 3.8) is 0 Å². The molecule has 0 saturated carbocycles. The third-order valence-corrected chi connectivity index (χ3v) is 3.90. The van der Waals surface area contributed by atoms with Gasteiger partial charge in [0.05, 0.1) is 20.8 Å². The van der Waals surface area contributed by atoms with Crippen LogP contribution in [0, 0.1) is 37.3 Å². The van der Waals surface area contributed by atoms with Crippen LogP contribution in [-0.2, 0) is 0 Å². The van der Waals surface area contributed by atoms with Crippen LogP contribution >= 0.6 is 0 Å². The van der Waals surface area contributed by atoms with Gasteiger partial charge < -0.3 is 9.26 Å². The van der Waals surface area contributed by atoms with Crippen LogP contribution in [0.15, 0.2) is 47.0 Å². The Labute approximate surface area is 167 Å². The fourth-order valence-electron chi connectivity index (χ4n) is 2.54. The SMILES string of the molecule is Cc1noc(C=Cc2cccc(Oc3ccc([N+](=O)[O-])cc3[N+](=O)[O-])c2)c1[N+](=O)[O-]. The molecule has 0 N–H and O–H groups in total. The summed E-state index contributed by atoms with van der Waals surface area (Å²) < 4.78 is 10.5. The number of ether oxygens (including phenoxy) is 1. The quantitative estimate of drug-likeness (QED) is 0.396. The van der Waals surface area contributed by atoms with Gasteiger partial charge in [0.2, 0.25) is 11.5 Å². The minimum atomic E-state index is -0.780. The molecule has 0 spiro atoms. The molecular weight excluding hydrogens is 400 g/mol. The van der Waals surface area contributed by atoms with E-state index in [1.165, 1.54) is 31.2 Å². The first-order valence-corrected chi connectivity index (χ1v) is 8.25. The number of non-ortho nitro benzene ring substituents is 1. The van der Waals surface area contributed by atoms with Crippen molar-refractivity contribution in [2.75, 3.05) is 0 Å². The van der Waals surface area contributed by atoms with Gasteiger partial charge in [0.15, 0.2) is 5.69 Å². The summed E-state index contributed by atoms with van der Waals surface area (Å²) in [6.07, 6.45) is 2.88.